The van der Waals surface area contributed by atoms with Crippen LogP contribution in [0.25, 0.3) is 0 Å². The molecule has 1 atom stereocenters. The van der Waals surface area contributed by atoms with Gasteiger partial charge in [-0.25, -0.2) is 8.42 Å². The van der Waals surface area contributed by atoms with Crippen LogP contribution in [-0.2, 0) is 31.6 Å². The molecule has 0 saturated heterocycles. The maximum atomic E-state index is 13.4. The fourth-order valence-corrected chi connectivity index (χ4v) is 4.35. The van der Waals surface area contributed by atoms with E-state index in [9.17, 15) is 18.0 Å². The summed E-state index contributed by atoms with van der Waals surface area (Å²) in [4.78, 5) is 27.2. The minimum Gasteiger partial charge on any atom is -0.357 e. The van der Waals surface area contributed by atoms with Gasteiger partial charge in [0.15, 0.2) is 0 Å². The molecule has 2 aromatic carbocycles. The molecule has 0 heterocycles. The average molecular weight is 474 g/mol. The Hall–Kier alpha value is -2.87. The molecule has 1 N–H and O–H groups in total. The molecule has 0 bridgehead atoms. The van der Waals surface area contributed by atoms with Gasteiger partial charge in [0.1, 0.15) is 12.6 Å². The number of anilines is 1. The highest BCUT2D eigenvalue weighted by Crippen LogP contribution is 2.26. The van der Waals surface area contributed by atoms with Crippen LogP contribution < -0.4 is 9.62 Å². The maximum Gasteiger partial charge on any atom is 0.244 e. The van der Waals surface area contributed by atoms with E-state index < -0.39 is 28.5 Å². The number of benzene rings is 2. The highest BCUT2D eigenvalue weighted by atomic mass is 32.2. The third-order valence-electron chi connectivity index (χ3n) is 5.72. The van der Waals surface area contributed by atoms with Crippen LogP contribution in [-0.4, -0.2) is 51.0 Å². The summed E-state index contributed by atoms with van der Waals surface area (Å²) in [6.45, 7) is 9.58. The van der Waals surface area contributed by atoms with Crippen LogP contribution in [0.5, 0.6) is 0 Å². The van der Waals surface area contributed by atoms with Gasteiger partial charge in [-0.2, -0.15) is 0 Å². The van der Waals surface area contributed by atoms with Gasteiger partial charge >= 0.3 is 0 Å². The molecule has 0 fully saturated rings. The van der Waals surface area contributed by atoms with Gasteiger partial charge in [-0.05, 0) is 48.1 Å². The molecule has 7 nitrogen and oxygen atoms in total. The van der Waals surface area contributed by atoms with Crippen molar-refractivity contribution < 1.29 is 18.0 Å². The first kappa shape index (κ1) is 26.4. The molecule has 180 valence electrons. The number of carbonyl (C=O) groups excluding carboxylic acids is 2. The molecule has 0 aliphatic carbocycles. The lowest BCUT2D eigenvalue weighted by Crippen LogP contribution is -2.50. The van der Waals surface area contributed by atoms with E-state index in [1.54, 1.807) is 19.1 Å². The molecule has 0 saturated carbocycles. The highest BCUT2D eigenvalue weighted by molar-refractivity contribution is 7.92. The van der Waals surface area contributed by atoms with Gasteiger partial charge in [-0.3, -0.25) is 13.9 Å². The van der Waals surface area contributed by atoms with Crippen molar-refractivity contribution in [2.45, 2.75) is 52.6 Å². The van der Waals surface area contributed by atoms with E-state index in [2.05, 4.69) is 26.1 Å². The second-order valence-electron chi connectivity index (χ2n) is 9.30. The highest BCUT2D eigenvalue weighted by Gasteiger charge is 2.30. The molecular formula is C25H35N3O4S. The summed E-state index contributed by atoms with van der Waals surface area (Å²) < 4.78 is 26.3. The Kier molecular flexibility index (Phi) is 8.30. The third kappa shape index (κ3) is 6.81. The van der Waals surface area contributed by atoms with Gasteiger partial charge < -0.3 is 10.2 Å². The zero-order chi connectivity index (χ0) is 25.0. The fourth-order valence-electron chi connectivity index (χ4n) is 3.50. The molecule has 0 spiro atoms. The Morgan fingerprint density at radius 2 is 1.61 bits per heavy atom. The molecule has 2 rings (SSSR count). The molecular weight excluding hydrogens is 438 g/mol. The second-order valence-corrected chi connectivity index (χ2v) is 11.2. The van der Waals surface area contributed by atoms with Crippen LogP contribution in [0.1, 0.15) is 44.4 Å². The van der Waals surface area contributed by atoms with Crippen molar-refractivity contribution in [2.24, 2.45) is 0 Å². The van der Waals surface area contributed by atoms with Gasteiger partial charge in [0.2, 0.25) is 21.8 Å². The Labute approximate surface area is 197 Å². The summed E-state index contributed by atoms with van der Waals surface area (Å²) in [6, 6.07) is 14.0. The Morgan fingerprint density at radius 1 is 1.03 bits per heavy atom. The van der Waals surface area contributed by atoms with Crippen molar-refractivity contribution in [3.8, 4) is 0 Å². The number of aryl methyl sites for hydroxylation is 1. The van der Waals surface area contributed by atoms with Crippen LogP contribution in [0.2, 0.25) is 0 Å². The lowest BCUT2D eigenvalue weighted by atomic mass is 9.87. The first-order valence-corrected chi connectivity index (χ1v) is 12.7. The van der Waals surface area contributed by atoms with Gasteiger partial charge in [0.25, 0.3) is 0 Å². The zero-order valence-corrected chi connectivity index (χ0v) is 21.4. The van der Waals surface area contributed by atoms with Crippen molar-refractivity contribution >= 4 is 27.5 Å². The van der Waals surface area contributed by atoms with E-state index in [0.717, 1.165) is 27.3 Å². The van der Waals surface area contributed by atoms with Gasteiger partial charge in [-0.1, -0.05) is 57.2 Å². The molecule has 0 aliphatic rings. The number of amides is 2. The van der Waals surface area contributed by atoms with E-state index in [4.69, 9.17) is 0 Å². The number of nitrogens with one attached hydrogen (secondary N) is 1. The number of likely N-dealkylation sites (N-methyl/N-ethyl adjacent to an activating group) is 1. The lowest BCUT2D eigenvalue weighted by molar-refractivity contribution is -0.139. The summed E-state index contributed by atoms with van der Waals surface area (Å²) in [6.07, 6.45) is 1.08. The van der Waals surface area contributed by atoms with Crippen LogP contribution in [0.3, 0.4) is 0 Å². The molecule has 8 heteroatoms. The number of hydrogen-bond donors (Lipinski definition) is 1. The molecule has 0 aromatic heterocycles. The molecule has 1 unspecified atom stereocenters. The van der Waals surface area contributed by atoms with Crippen molar-refractivity contribution in [1.82, 2.24) is 10.2 Å². The zero-order valence-electron chi connectivity index (χ0n) is 20.5. The van der Waals surface area contributed by atoms with E-state index in [1.807, 2.05) is 43.3 Å². The van der Waals surface area contributed by atoms with Crippen LogP contribution >= 0.6 is 0 Å². The second kappa shape index (κ2) is 10.4. The number of hydrogen-bond acceptors (Lipinski definition) is 4. The van der Waals surface area contributed by atoms with Crippen molar-refractivity contribution in [1.29, 1.82) is 0 Å². The standard InChI is InChI=1S/C25H35N3O4S/c1-18-10-8-9-11-20(18)16-27(19(2)24(30)26-6)23(29)17-28(33(7,31)32)22-14-12-21(13-15-22)25(3,4)5/h8-15,19H,16-17H2,1-7H3,(H,26,30). The normalized spacial score (nSPS) is 12.7. The van der Waals surface area contributed by atoms with Crippen LogP contribution in [0.4, 0.5) is 5.69 Å². The topological polar surface area (TPSA) is 86.8 Å². The van der Waals surface area contributed by atoms with Crippen molar-refractivity contribution in [3.63, 3.8) is 0 Å². The SMILES string of the molecule is CNC(=O)C(C)N(Cc1ccccc1C)C(=O)CN(c1ccc(C(C)(C)C)cc1)S(C)(=O)=O. The van der Waals surface area contributed by atoms with Crippen molar-refractivity contribution in [3.05, 3.63) is 65.2 Å². The van der Waals surface area contributed by atoms with E-state index in [1.165, 1.54) is 11.9 Å². The largest absolute Gasteiger partial charge is 0.357 e. The quantitative estimate of drug-likeness (QED) is 0.638. The van der Waals surface area contributed by atoms with E-state index in [0.29, 0.717) is 5.69 Å². The fraction of sp³-hybridized carbons (Fsp3) is 0.440. The first-order valence-electron chi connectivity index (χ1n) is 10.9. The minimum absolute atomic E-state index is 0.0858. The average Bonchev–Trinajstić information content (AvgIpc) is 2.74. The van der Waals surface area contributed by atoms with Crippen LogP contribution in [0.15, 0.2) is 48.5 Å². The summed E-state index contributed by atoms with van der Waals surface area (Å²) >= 11 is 0. The molecule has 33 heavy (non-hydrogen) atoms. The van der Waals surface area contributed by atoms with E-state index in [-0.39, 0.29) is 17.9 Å². The Balaban J connectivity index is 2.40. The number of carbonyl (C=O) groups is 2. The summed E-state index contributed by atoms with van der Waals surface area (Å²) in [5, 5.41) is 2.57. The molecule has 2 amide bonds. The van der Waals surface area contributed by atoms with Gasteiger partial charge in [0.05, 0.1) is 11.9 Å². The molecule has 0 radical (unpaired) electrons. The van der Waals surface area contributed by atoms with Crippen molar-refractivity contribution in [2.75, 3.05) is 24.2 Å². The van der Waals surface area contributed by atoms with E-state index >= 15 is 0 Å². The first-order chi connectivity index (χ1) is 15.3. The Morgan fingerprint density at radius 3 is 2.09 bits per heavy atom. The number of rotatable bonds is 8. The summed E-state index contributed by atoms with van der Waals surface area (Å²) in [7, 11) is -2.23. The number of nitrogens with zero attached hydrogens (tertiary/aromatic N) is 2. The predicted molar refractivity (Wildman–Crippen MR) is 133 cm³/mol. The van der Waals surface area contributed by atoms with Gasteiger partial charge in [0, 0.05) is 13.6 Å². The minimum atomic E-state index is -3.74. The summed E-state index contributed by atoms with van der Waals surface area (Å²) in [5.74, 6) is -0.781. The Bertz CT molecular complexity index is 1090. The number of sulfonamides is 1. The third-order valence-corrected chi connectivity index (χ3v) is 6.86. The predicted octanol–water partition coefficient (Wildman–Crippen LogP) is 3.22. The lowest BCUT2D eigenvalue weighted by Gasteiger charge is -2.31. The smallest absolute Gasteiger partial charge is 0.244 e. The van der Waals surface area contributed by atoms with Gasteiger partial charge in [-0.15, -0.1) is 0 Å². The summed E-state index contributed by atoms with van der Waals surface area (Å²) in [5.41, 5.74) is 3.25. The van der Waals surface area contributed by atoms with Crippen LogP contribution in [0, 0.1) is 6.92 Å². The molecule has 0 aliphatic heterocycles. The monoisotopic (exact) mass is 473 g/mol. The molecule has 2 aromatic rings. The maximum absolute atomic E-state index is 13.4.